The second-order valence-corrected chi connectivity index (χ2v) is 8.26. The van der Waals surface area contributed by atoms with E-state index in [4.69, 9.17) is 9.15 Å². The minimum atomic E-state index is -0.453. The van der Waals surface area contributed by atoms with Gasteiger partial charge >= 0.3 is 5.63 Å². The van der Waals surface area contributed by atoms with Crippen molar-refractivity contribution in [2.75, 3.05) is 11.9 Å². The molecule has 0 spiro atoms. The lowest BCUT2D eigenvalue weighted by molar-refractivity contribution is -0.118. The summed E-state index contributed by atoms with van der Waals surface area (Å²) in [5.41, 5.74) is 4.36. The van der Waals surface area contributed by atoms with Crippen molar-refractivity contribution in [3.63, 3.8) is 0 Å². The fourth-order valence-corrected chi connectivity index (χ4v) is 3.96. The summed E-state index contributed by atoms with van der Waals surface area (Å²) < 4.78 is 12.8. The van der Waals surface area contributed by atoms with Crippen LogP contribution < -0.4 is 15.7 Å². The first-order chi connectivity index (χ1) is 17.0. The fourth-order valence-electron chi connectivity index (χ4n) is 3.96. The Balaban J connectivity index is 1.33. The van der Waals surface area contributed by atoms with Crippen LogP contribution in [0.5, 0.6) is 5.75 Å². The average Bonchev–Trinajstić information content (AvgIpc) is 3.22. The van der Waals surface area contributed by atoms with Crippen LogP contribution in [0.2, 0.25) is 0 Å². The molecule has 0 bridgehead atoms. The molecule has 5 rings (SSSR count). The van der Waals surface area contributed by atoms with Crippen molar-refractivity contribution in [1.82, 2.24) is 9.78 Å². The van der Waals surface area contributed by atoms with E-state index in [1.54, 1.807) is 22.9 Å². The number of hydrogen-bond acceptors (Lipinski definition) is 5. The summed E-state index contributed by atoms with van der Waals surface area (Å²) in [6.07, 6.45) is 0. The molecule has 0 aliphatic rings. The lowest BCUT2D eigenvalue weighted by Gasteiger charge is -2.11. The number of rotatable bonds is 6. The van der Waals surface area contributed by atoms with Crippen LogP contribution in [-0.4, -0.2) is 22.3 Å². The quantitative estimate of drug-likeness (QED) is 0.345. The van der Waals surface area contributed by atoms with Crippen LogP contribution in [0.3, 0.4) is 0 Å². The minimum Gasteiger partial charge on any atom is -0.484 e. The fraction of sp³-hybridized carbons (Fsp3) is 0.107. The zero-order valence-electron chi connectivity index (χ0n) is 19.3. The Morgan fingerprint density at radius 3 is 2.60 bits per heavy atom. The van der Waals surface area contributed by atoms with Gasteiger partial charge in [0.25, 0.3) is 5.91 Å². The molecule has 5 aromatic rings. The summed E-state index contributed by atoms with van der Waals surface area (Å²) in [5, 5.41) is 8.13. The molecule has 1 N–H and O–H groups in total. The van der Waals surface area contributed by atoms with E-state index in [1.807, 2.05) is 74.5 Å². The van der Waals surface area contributed by atoms with Crippen molar-refractivity contribution >= 4 is 22.7 Å². The highest BCUT2D eigenvalue weighted by Crippen LogP contribution is 2.29. The van der Waals surface area contributed by atoms with Gasteiger partial charge in [-0.2, -0.15) is 5.10 Å². The monoisotopic (exact) mass is 465 g/mol. The molecule has 0 aliphatic carbocycles. The van der Waals surface area contributed by atoms with Gasteiger partial charge < -0.3 is 14.5 Å². The Kier molecular flexibility index (Phi) is 5.89. The van der Waals surface area contributed by atoms with Crippen molar-refractivity contribution in [3.8, 4) is 22.6 Å². The Bertz CT molecular complexity index is 1590. The van der Waals surface area contributed by atoms with Crippen molar-refractivity contribution in [3.05, 3.63) is 107 Å². The number of aromatic nitrogens is 2. The van der Waals surface area contributed by atoms with Gasteiger partial charge in [0, 0.05) is 23.6 Å². The Morgan fingerprint density at radius 1 is 0.971 bits per heavy atom. The Morgan fingerprint density at radius 2 is 1.80 bits per heavy atom. The lowest BCUT2D eigenvalue weighted by atomic mass is 10.0. The molecule has 0 aliphatic heterocycles. The van der Waals surface area contributed by atoms with E-state index in [0.29, 0.717) is 17.2 Å². The van der Waals surface area contributed by atoms with Gasteiger partial charge in [0.05, 0.1) is 11.4 Å². The first kappa shape index (κ1) is 22.2. The first-order valence-electron chi connectivity index (χ1n) is 11.2. The van der Waals surface area contributed by atoms with Gasteiger partial charge in [-0.1, -0.05) is 42.5 Å². The summed E-state index contributed by atoms with van der Waals surface area (Å²) in [6, 6.07) is 26.0. The summed E-state index contributed by atoms with van der Waals surface area (Å²) in [6.45, 7) is 3.65. The number of carbonyl (C=O) groups is 1. The van der Waals surface area contributed by atoms with Crippen LogP contribution in [-0.2, 0) is 4.79 Å². The van der Waals surface area contributed by atoms with Crippen molar-refractivity contribution < 1.29 is 13.9 Å². The zero-order chi connectivity index (χ0) is 24.4. The molecule has 3 aromatic carbocycles. The molecule has 0 unspecified atom stereocenters. The molecule has 7 heteroatoms. The third kappa shape index (κ3) is 4.84. The third-order valence-corrected chi connectivity index (χ3v) is 5.52. The van der Waals surface area contributed by atoms with E-state index >= 15 is 0 Å². The Hall–Kier alpha value is -4.65. The van der Waals surface area contributed by atoms with E-state index in [0.717, 1.165) is 33.5 Å². The molecule has 1 amide bonds. The van der Waals surface area contributed by atoms with Crippen molar-refractivity contribution in [2.24, 2.45) is 0 Å². The number of aryl methyl sites for hydroxylation is 2. The molecule has 0 fully saturated rings. The number of benzene rings is 3. The highest BCUT2D eigenvalue weighted by molar-refractivity contribution is 5.94. The maximum Gasteiger partial charge on any atom is 0.336 e. The number of nitrogens with one attached hydrogen (secondary N) is 1. The van der Waals surface area contributed by atoms with E-state index in [-0.39, 0.29) is 12.5 Å². The second kappa shape index (κ2) is 9.30. The van der Waals surface area contributed by atoms with Crippen LogP contribution >= 0.6 is 0 Å². The van der Waals surface area contributed by atoms with Gasteiger partial charge in [-0.15, -0.1) is 0 Å². The summed E-state index contributed by atoms with van der Waals surface area (Å²) in [7, 11) is 0. The average molecular weight is 466 g/mol. The lowest BCUT2D eigenvalue weighted by Crippen LogP contribution is -2.21. The van der Waals surface area contributed by atoms with E-state index in [2.05, 4.69) is 10.4 Å². The van der Waals surface area contributed by atoms with Crippen molar-refractivity contribution in [2.45, 2.75) is 13.8 Å². The molecule has 0 saturated heterocycles. The van der Waals surface area contributed by atoms with Crippen LogP contribution in [0.1, 0.15) is 11.3 Å². The molecule has 7 nitrogen and oxygen atoms in total. The number of amides is 1. The first-order valence-corrected chi connectivity index (χ1v) is 11.2. The van der Waals surface area contributed by atoms with Crippen LogP contribution in [0, 0.1) is 13.8 Å². The van der Waals surface area contributed by atoms with E-state index in [1.165, 1.54) is 6.07 Å². The molecule has 2 heterocycles. The molecule has 174 valence electrons. The molecular formula is C28H23N3O4. The number of ether oxygens (including phenoxy) is 1. The predicted molar refractivity (Wildman–Crippen MR) is 135 cm³/mol. The molecule has 0 saturated carbocycles. The van der Waals surface area contributed by atoms with Gasteiger partial charge in [0.2, 0.25) is 0 Å². The molecular weight excluding hydrogens is 442 g/mol. The molecule has 0 radical (unpaired) electrons. The summed E-state index contributed by atoms with van der Waals surface area (Å²) in [4.78, 5) is 24.8. The largest absolute Gasteiger partial charge is 0.484 e. The van der Waals surface area contributed by atoms with Crippen LogP contribution in [0.25, 0.3) is 27.8 Å². The standard InChI is InChI=1S/C28H23N3O4/c1-18-7-6-10-21(13-18)31-26(14-19(2)30-31)29-27(32)17-34-22-11-12-23-24(20-8-4-3-5-9-20)16-28(33)35-25(23)15-22/h3-16H,17H2,1-2H3,(H,29,32). The van der Waals surface area contributed by atoms with Gasteiger partial charge in [-0.05, 0) is 54.8 Å². The van der Waals surface area contributed by atoms with Gasteiger partial charge in [0.1, 0.15) is 17.2 Å². The van der Waals surface area contributed by atoms with Crippen LogP contribution in [0.15, 0.2) is 94.1 Å². The molecule has 35 heavy (non-hydrogen) atoms. The van der Waals surface area contributed by atoms with Gasteiger partial charge in [0.15, 0.2) is 6.61 Å². The number of fused-ring (bicyclic) bond motifs is 1. The van der Waals surface area contributed by atoms with Crippen molar-refractivity contribution in [1.29, 1.82) is 0 Å². The smallest absolute Gasteiger partial charge is 0.336 e. The number of carbonyl (C=O) groups excluding carboxylic acids is 1. The highest BCUT2D eigenvalue weighted by Gasteiger charge is 2.13. The summed E-state index contributed by atoms with van der Waals surface area (Å²) in [5.74, 6) is 0.640. The van der Waals surface area contributed by atoms with Gasteiger partial charge in [-0.25, -0.2) is 9.48 Å². The normalized spacial score (nSPS) is 10.9. The third-order valence-electron chi connectivity index (χ3n) is 5.52. The van der Waals surface area contributed by atoms with Crippen LogP contribution in [0.4, 0.5) is 5.82 Å². The topological polar surface area (TPSA) is 86.4 Å². The SMILES string of the molecule is Cc1cccc(-n2nc(C)cc2NC(=O)COc2ccc3c(-c4ccccc4)cc(=O)oc3c2)c1. The highest BCUT2D eigenvalue weighted by atomic mass is 16.5. The number of nitrogens with zero attached hydrogens (tertiary/aromatic N) is 2. The summed E-state index contributed by atoms with van der Waals surface area (Å²) >= 11 is 0. The number of hydrogen-bond donors (Lipinski definition) is 1. The number of anilines is 1. The maximum absolute atomic E-state index is 12.7. The van der Waals surface area contributed by atoms with E-state index in [9.17, 15) is 9.59 Å². The molecule has 2 aromatic heterocycles. The van der Waals surface area contributed by atoms with E-state index < -0.39 is 5.63 Å². The second-order valence-electron chi connectivity index (χ2n) is 8.26. The predicted octanol–water partition coefficient (Wildman–Crippen LogP) is 5.28. The van der Waals surface area contributed by atoms with Gasteiger partial charge in [-0.3, -0.25) is 4.79 Å². The Labute approximate surface area is 201 Å². The maximum atomic E-state index is 12.7. The zero-order valence-corrected chi connectivity index (χ0v) is 19.3. The molecule has 0 atom stereocenters. The minimum absolute atomic E-state index is 0.216.